The molecular weight excluding hydrogens is 408 g/mol. The fourth-order valence-electron chi connectivity index (χ4n) is 4.26. The second-order valence-corrected chi connectivity index (χ2v) is 9.21. The van der Waals surface area contributed by atoms with Crippen LogP contribution in [0.4, 0.5) is 0 Å². The molecule has 4 rings (SSSR count). The van der Waals surface area contributed by atoms with Crippen molar-refractivity contribution in [1.29, 1.82) is 0 Å². The smallest absolute Gasteiger partial charge is 0.338 e. The molecule has 1 aliphatic carbocycles. The minimum atomic E-state index is -0.594. The third-order valence-corrected chi connectivity index (χ3v) is 6.63. The van der Waals surface area contributed by atoms with Gasteiger partial charge in [-0.05, 0) is 45.1 Å². The summed E-state index contributed by atoms with van der Waals surface area (Å²) in [5, 5.41) is 5.30. The number of nitrogens with two attached hydrogens (primary N) is 1. The maximum absolute atomic E-state index is 12.5. The van der Waals surface area contributed by atoms with Crippen molar-refractivity contribution in [2.75, 3.05) is 0 Å². The number of carbonyl (C=O) groups excluding carboxylic acids is 2. The number of primary amides is 1. The Hall–Kier alpha value is -3.23. The Morgan fingerprint density at radius 2 is 2.03 bits per heavy atom. The molecule has 9 heteroatoms. The van der Waals surface area contributed by atoms with E-state index in [0.29, 0.717) is 23.7 Å². The lowest BCUT2D eigenvalue weighted by Gasteiger charge is -2.22. The van der Waals surface area contributed by atoms with E-state index >= 15 is 0 Å². The van der Waals surface area contributed by atoms with Gasteiger partial charge in [0.15, 0.2) is 5.65 Å². The standard InChI is InChI=1S/C23H30N6O3/c1-4-23(2,3)22(31)32-29-10-9-17-20(25-14-26-21(17)29)16-12-27-28(13-16)18(11-19(24)30)15-7-5-6-8-15/h9-10,12-15,18H,4-8,11H2,1-3H3,(H2,24,30). The number of carbonyl (C=O) groups is 2. The highest BCUT2D eigenvalue weighted by atomic mass is 16.7. The summed E-state index contributed by atoms with van der Waals surface area (Å²) < 4.78 is 3.24. The zero-order chi connectivity index (χ0) is 22.9. The van der Waals surface area contributed by atoms with Crippen LogP contribution in [0.3, 0.4) is 0 Å². The van der Waals surface area contributed by atoms with Crippen molar-refractivity contribution in [2.45, 2.75) is 65.3 Å². The van der Waals surface area contributed by atoms with Crippen LogP contribution >= 0.6 is 0 Å². The molecule has 2 N–H and O–H groups in total. The summed E-state index contributed by atoms with van der Waals surface area (Å²) in [6, 6.07) is 1.77. The van der Waals surface area contributed by atoms with Crippen molar-refractivity contribution < 1.29 is 14.4 Å². The molecule has 0 bridgehead atoms. The van der Waals surface area contributed by atoms with E-state index in [1.54, 1.807) is 12.4 Å². The van der Waals surface area contributed by atoms with E-state index in [-0.39, 0.29) is 24.3 Å². The molecule has 9 nitrogen and oxygen atoms in total. The number of rotatable bonds is 8. The maximum Gasteiger partial charge on any atom is 0.338 e. The zero-order valence-electron chi connectivity index (χ0n) is 18.8. The fraction of sp³-hybridized carbons (Fsp3) is 0.522. The molecule has 3 heterocycles. The highest BCUT2D eigenvalue weighted by Gasteiger charge is 2.30. The molecule has 0 radical (unpaired) electrons. The quantitative estimate of drug-likeness (QED) is 0.576. The molecule has 32 heavy (non-hydrogen) atoms. The van der Waals surface area contributed by atoms with Gasteiger partial charge in [-0.3, -0.25) is 9.48 Å². The number of fused-ring (bicyclic) bond motifs is 1. The summed E-state index contributed by atoms with van der Waals surface area (Å²) in [4.78, 5) is 38.6. The van der Waals surface area contributed by atoms with Gasteiger partial charge in [-0.1, -0.05) is 19.8 Å². The zero-order valence-corrected chi connectivity index (χ0v) is 18.8. The number of nitrogens with zero attached hydrogens (tertiary/aromatic N) is 5. The Balaban J connectivity index is 1.65. The molecule has 1 fully saturated rings. The first kappa shape index (κ1) is 22.0. The molecular formula is C23H30N6O3. The van der Waals surface area contributed by atoms with Gasteiger partial charge in [-0.2, -0.15) is 9.83 Å². The number of hydrogen-bond donors (Lipinski definition) is 1. The average Bonchev–Trinajstić information content (AvgIpc) is 3.53. The van der Waals surface area contributed by atoms with Crippen LogP contribution in [0.1, 0.15) is 65.3 Å². The lowest BCUT2D eigenvalue weighted by molar-refractivity contribution is -0.154. The first-order valence-electron chi connectivity index (χ1n) is 11.2. The van der Waals surface area contributed by atoms with Crippen LogP contribution < -0.4 is 10.6 Å². The van der Waals surface area contributed by atoms with E-state index in [9.17, 15) is 9.59 Å². The SMILES string of the molecule is CCC(C)(C)C(=O)On1ccc2c(-c3cnn(C(CC(N)=O)C4CCCC4)c3)ncnc21. The lowest BCUT2D eigenvalue weighted by atomic mass is 9.91. The highest BCUT2D eigenvalue weighted by Crippen LogP contribution is 2.37. The number of hydrogen-bond acceptors (Lipinski definition) is 6. The molecule has 0 saturated heterocycles. The van der Waals surface area contributed by atoms with E-state index in [4.69, 9.17) is 10.6 Å². The van der Waals surface area contributed by atoms with Gasteiger partial charge in [0.05, 0.1) is 23.3 Å². The molecule has 1 aliphatic rings. The lowest BCUT2D eigenvalue weighted by Crippen LogP contribution is -2.32. The van der Waals surface area contributed by atoms with Crippen LogP contribution in [0.2, 0.25) is 0 Å². The minimum Gasteiger partial charge on any atom is -0.370 e. The summed E-state index contributed by atoms with van der Waals surface area (Å²) in [6.07, 6.45) is 12.2. The number of aromatic nitrogens is 5. The Kier molecular flexibility index (Phi) is 5.99. The van der Waals surface area contributed by atoms with Crippen LogP contribution in [-0.4, -0.2) is 36.4 Å². The van der Waals surface area contributed by atoms with Gasteiger partial charge in [0.1, 0.15) is 6.33 Å². The van der Waals surface area contributed by atoms with E-state index < -0.39 is 5.41 Å². The molecule has 0 spiro atoms. The summed E-state index contributed by atoms with van der Waals surface area (Å²) in [5.74, 6) is -0.253. The Labute approximate surface area is 186 Å². The van der Waals surface area contributed by atoms with Gasteiger partial charge in [0, 0.05) is 29.8 Å². The predicted molar refractivity (Wildman–Crippen MR) is 119 cm³/mol. The van der Waals surface area contributed by atoms with Gasteiger partial charge in [0.2, 0.25) is 5.91 Å². The third kappa shape index (κ3) is 4.24. The first-order chi connectivity index (χ1) is 15.3. The molecule has 170 valence electrons. The van der Waals surface area contributed by atoms with E-state index in [2.05, 4.69) is 15.1 Å². The van der Waals surface area contributed by atoms with Crippen molar-refractivity contribution in [3.05, 3.63) is 31.0 Å². The summed E-state index contributed by atoms with van der Waals surface area (Å²) in [6.45, 7) is 5.65. The van der Waals surface area contributed by atoms with E-state index in [1.807, 2.05) is 37.7 Å². The van der Waals surface area contributed by atoms with Crippen LogP contribution in [0.5, 0.6) is 0 Å². The van der Waals surface area contributed by atoms with Gasteiger partial charge in [-0.25, -0.2) is 14.8 Å². The predicted octanol–water partition coefficient (Wildman–Crippen LogP) is 3.29. The minimum absolute atomic E-state index is 0.0529. The number of amides is 1. The molecule has 1 saturated carbocycles. The summed E-state index contributed by atoms with van der Waals surface area (Å²) >= 11 is 0. The fourth-order valence-corrected chi connectivity index (χ4v) is 4.26. The average molecular weight is 439 g/mol. The highest BCUT2D eigenvalue weighted by molar-refractivity contribution is 5.90. The molecule has 3 aromatic rings. The van der Waals surface area contributed by atoms with Crippen LogP contribution in [0.25, 0.3) is 22.3 Å². The van der Waals surface area contributed by atoms with Crippen molar-refractivity contribution in [3.63, 3.8) is 0 Å². The van der Waals surface area contributed by atoms with Crippen molar-refractivity contribution in [3.8, 4) is 11.3 Å². The Morgan fingerprint density at radius 1 is 1.28 bits per heavy atom. The second-order valence-electron chi connectivity index (χ2n) is 9.21. The topological polar surface area (TPSA) is 118 Å². The van der Waals surface area contributed by atoms with Gasteiger partial charge in [0.25, 0.3) is 0 Å². The van der Waals surface area contributed by atoms with Crippen molar-refractivity contribution >= 4 is 22.9 Å². The van der Waals surface area contributed by atoms with Crippen LogP contribution in [-0.2, 0) is 9.59 Å². The normalized spacial score (nSPS) is 15.8. The first-order valence-corrected chi connectivity index (χ1v) is 11.2. The van der Waals surface area contributed by atoms with Gasteiger partial charge < -0.3 is 10.6 Å². The van der Waals surface area contributed by atoms with Gasteiger partial charge >= 0.3 is 5.97 Å². The Bertz CT molecular complexity index is 1130. The summed E-state index contributed by atoms with van der Waals surface area (Å²) in [7, 11) is 0. The molecule has 0 aromatic carbocycles. The largest absolute Gasteiger partial charge is 0.370 e. The maximum atomic E-state index is 12.5. The molecule has 1 amide bonds. The second kappa shape index (κ2) is 8.72. The van der Waals surface area contributed by atoms with Gasteiger partial charge in [-0.15, -0.1) is 0 Å². The monoisotopic (exact) mass is 438 g/mol. The third-order valence-electron chi connectivity index (χ3n) is 6.63. The summed E-state index contributed by atoms with van der Waals surface area (Å²) in [5.41, 5.74) is 6.94. The van der Waals surface area contributed by atoms with Crippen LogP contribution in [0.15, 0.2) is 31.0 Å². The van der Waals surface area contributed by atoms with E-state index in [1.165, 1.54) is 23.9 Å². The molecule has 1 atom stereocenters. The van der Waals surface area contributed by atoms with Crippen molar-refractivity contribution in [1.82, 2.24) is 24.5 Å². The molecule has 1 unspecified atom stereocenters. The van der Waals surface area contributed by atoms with E-state index in [0.717, 1.165) is 23.8 Å². The molecule has 0 aliphatic heterocycles. The molecule has 3 aromatic heterocycles. The van der Waals surface area contributed by atoms with Crippen molar-refractivity contribution in [2.24, 2.45) is 17.1 Å². The Morgan fingerprint density at radius 3 is 2.72 bits per heavy atom. The van der Waals surface area contributed by atoms with Crippen LogP contribution in [0, 0.1) is 11.3 Å².